The molecule has 4 rings (SSSR count). The lowest BCUT2D eigenvalue weighted by atomic mass is 10.1. The molecule has 3 heterocycles. The molecule has 2 aliphatic heterocycles. The third-order valence-electron chi connectivity index (χ3n) is 5.41. The number of carbonyl (C=O) groups excluding carboxylic acids is 2. The van der Waals surface area contributed by atoms with Crippen molar-refractivity contribution in [2.24, 2.45) is 0 Å². The van der Waals surface area contributed by atoms with Crippen LogP contribution in [0.15, 0.2) is 29.6 Å². The monoisotopic (exact) mass is 432 g/mol. The summed E-state index contributed by atoms with van der Waals surface area (Å²) in [4.78, 5) is 35.3. The quantitative estimate of drug-likeness (QED) is 0.744. The normalized spacial score (nSPS) is 17.2. The van der Waals surface area contributed by atoms with Crippen LogP contribution >= 0.6 is 11.3 Å². The highest BCUT2D eigenvalue weighted by molar-refractivity contribution is 7.09. The van der Waals surface area contributed by atoms with E-state index < -0.39 is 0 Å². The lowest BCUT2D eigenvalue weighted by Gasteiger charge is -2.38. The smallest absolute Gasteiger partial charge is 0.320 e. The molecular formula is C21H25FN4O3S. The fourth-order valence-corrected chi connectivity index (χ4v) is 4.38. The molecule has 0 N–H and O–H groups in total. The molecular weight excluding hydrogens is 407 g/mol. The molecule has 9 heteroatoms. The van der Waals surface area contributed by atoms with Gasteiger partial charge in [0.05, 0.1) is 0 Å². The van der Waals surface area contributed by atoms with Gasteiger partial charge in [-0.2, -0.15) is 0 Å². The number of hydrogen-bond acceptors (Lipinski definition) is 5. The molecule has 0 aliphatic carbocycles. The van der Waals surface area contributed by atoms with Crippen molar-refractivity contribution in [1.29, 1.82) is 0 Å². The van der Waals surface area contributed by atoms with Gasteiger partial charge in [-0.25, -0.2) is 14.2 Å². The Hall–Kier alpha value is -2.68. The molecule has 1 aromatic heterocycles. The van der Waals surface area contributed by atoms with Gasteiger partial charge < -0.3 is 19.4 Å². The highest BCUT2D eigenvalue weighted by Gasteiger charge is 2.29. The van der Waals surface area contributed by atoms with Crippen molar-refractivity contribution in [3.05, 3.63) is 46.2 Å². The van der Waals surface area contributed by atoms with E-state index in [1.54, 1.807) is 22.4 Å². The zero-order valence-electron chi connectivity index (χ0n) is 16.8. The topological polar surface area (TPSA) is 66.0 Å². The fourth-order valence-electron chi connectivity index (χ4n) is 3.70. The number of halogens is 1. The average Bonchev–Trinajstić information content (AvgIpc) is 3.27. The summed E-state index contributed by atoms with van der Waals surface area (Å²) in [5.41, 5.74) is 0.397. The highest BCUT2D eigenvalue weighted by Crippen LogP contribution is 2.18. The van der Waals surface area contributed by atoms with E-state index in [2.05, 4.69) is 4.98 Å². The van der Waals surface area contributed by atoms with Crippen LogP contribution in [0.3, 0.4) is 0 Å². The van der Waals surface area contributed by atoms with Gasteiger partial charge in [0.25, 0.3) is 5.91 Å². The van der Waals surface area contributed by atoms with Gasteiger partial charge in [0.1, 0.15) is 28.9 Å². The Bertz CT molecular complexity index is 875. The van der Waals surface area contributed by atoms with E-state index in [1.807, 2.05) is 9.80 Å². The molecule has 2 saturated heterocycles. The first kappa shape index (κ1) is 20.6. The Morgan fingerprint density at radius 2 is 1.57 bits per heavy atom. The number of benzene rings is 1. The van der Waals surface area contributed by atoms with Crippen LogP contribution in [0.2, 0.25) is 0 Å². The maximum Gasteiger partial charge on any atom is 0.320 e. The van der Waals surface area contributed by atoms with Crippen molar-refractivity contribution in [2.75, 3.05) is 39.3 Å². The number of carbonyl (C=O) groups is 2. The third-order valence-corrected chi connectivity index (χ3v) is 6.23. The van der Waals surface area contributed by atoms with Crippen LogP contribution in [-0.4, -0.2) is 70.9 Å². The summed E-state index contributed by atoms with van der Waals surface area (Å²) < 4.78 is 18.5. The Morgan fingerprint density at radius 3 is 2.27 bits per heavy atom. The van der Waals surface area contributed by atoms with Gasteiger partial charge in [0.2, 0.25) is 0 Å². The molecule has 0 radical (unpaired) electrons. The zero-order chi connectivity index (χ0) is 20.9. The van der Waals surface area contributed by atoms with Crippen molar-refractivity contribution >= 4 is 23.3 Å². The van der Waals surface area contributed by atoms with E-state index >= 15 is 0 Å². The molecule has 160 valence electrons. The van der Waals surface area contributed by atoms with Crippen LogP contribution in [0.4, 0.5) is 9.18 Å². The summed E-state index contributed by atoms with van der Waals surface area (Å²) in [5, 5.41) is 2.42. The first-order chi connectivity index (χ1) is 14.6. The summed E-state index contributed by atoms with van der Waals surface area (Å²) >= 11 is 1.36. The van der Waals surface area contributed by atoms with Gasteiger partial charge in [-0.1, -0.05) is 0 Å². The first-order valence-corrected chi connectivity index (χ1v) is 11.1. The molecule has 7 nitrogen and oxygen atoms in total. The Balaban J connectivity index is 1.27. The lowest BCUT2D eigenvalue weighted by molar-refractivity contribution is 0.0628. The zero-order valence-corrected chi connectivity index (χ0v) is 17.6. The van der Waals surface area contributed by atoms with Crippen molar-refractivity contribution in [3.63, 3.8) is 0 Å². The molecule has 0 saturated carbocycles. The average molecular weight is 433 g/mol. The molecule has 30 heavy (non-hydrogen) atoms. The maximum atomic E-state index is 13.0. The van der Waals surface area contributed by atoms with E-state index in [0.29, 0.717) is 42.6 Å². The van der Waals surface area contributed by atoms with E-state index in [9.17, 15) is 14.0 Å². The Labute approximate surface area is 179 Å². The summed E-state index contributed by atoms with van der Waals surface area (Å²) in [6.07, 6.45) is 3.33. The number of rotatable bonds is 4. The molecule has 0 spiro atoms. The number of amides is 3. The van der Waals surface area contributed by atoms with E-state index in [4.69, 9.17) is 4.74 Å². The van der Waals surface area contributed by atoms with Crippen molar-refractivity contribution in [1.82, 2.24) is 19.7 Å². The fraction of sp³-hybridized carbons (Fsp3) is 0.476. The number of likely N-dealkylation sites (tertiary alicyclic amines) is 1. The van der Waals surface area contributed by atoms with Crippen LogP contribution in [0.1, 0.15) is 34.8 Å². The number of urea groups is 1. The highest BCUT2D eigenvalue weighted by atomic mass is 32.1. The molecule has 2 fully saturated rings. The van der Waals surface area contributed by atoms with Crippen molar-refractivity contribution in [2.45, 2.75) is 25.9 Å². The molecule has 2 aliphatic rings. The van der Waals surface area contributed by atoms with Gasteiger partial charge >= 0.3 is 6.03 Å². The molecule has 0 unspecified atom stereocenters. The SMILES string of the molecule is O=C(c1csc(COc2ccc(F)cc2)n1)N1CCN(C(=O)N2CCCCC2)CC1. The third kappa shape index (κ3) is 4.89. The number of thiazole rings is 1. The number of nitrogens with zero attached hydrogens (tertiary/aromatic N) is 4. The summed E-state index contributed by atoms with van der Waals surface area (Å²) in [6, 6.07) is 5.87. The summed E-state index contributed by atoms with van der Waals surface area (Å²) in [5.74, 6) is 0.112. The lowest BCUT2D eigenvalue weighted by Crippen LogP contribution is -2.54. The van der Waals surface area contributed by atoms with Crippen LogP contribution < -0.4 is 4.74 Å². The minimum Gasteiger partial charge on any atom is -0.486 e. The van der Waals surface area contributed by atoms with Crippen LogP contribution in [-0.2, 0) is 6.61 Å². The Kier molecular flexibility index (Phi) is 6.47. The van der Waals surface area contributed by atoms with E-state index in [0.717, 1.165) is 25.9 Å². The predicted molar refractivity (Wildman–Crippen MR) is 111 cm³/mol. The van der Waals surface area contributed by atoms with Crippen LogP contribution in [0.25, 0.3) is 0 Å². The van der Waals surface area contributed by atoms with Gasteiger partial charge in [0, 0.05) is 44.6 Å². The van der Waals surface area contributed by atoms with Crippen molar-refractivity contribution in [3.8, 4) is 5.75 Å². The predicted octanol–water partition coefficient (Wildman–Crippen LogP) is 3.22. The molecule has 0 atom stereocenters. The second kappa shape index (κ2) is 9.42. The molecule has 1 aromatic carbocycles. The van der Waals surface area contributed by atoms with Crippen LogP contribution in [0.5, 0.6) is 5.75 Å². The van der Waals surface area contributed by atoms with Gasteiger partial charge in [-0.3, -0.25) is 4.79 Å². The van der Waals surface area contributed by atoms with Crippen LogP contribution in [0, 0.1) is 5.82 Å². The molecule has 2 aromatic rings. The molecule has 0 bridgehead atoms. The second-order valence-corrected chi connectivity index (χ2v) is 8.42. The van der Waals surface area contributed by atoms with Gasteiger partial charge in [0.15, 0.2) is 0 Å². The molecule has 3 amide bonds. The van der Waals surface area contributed by atoms with E-state index in [1.165, 1.54) is 29.9 Å². The Morgan fingerprint density at radius 1 is 0.933 bits per heavy atom. The largest absolute Gasteiger partial charge is 0.486 e. The summed E-state index contributed by atoms with van der Waals surface area (Å²) in [7, 11) is 0. The number of hydrogen-bond donors (Lipinski definition) is 0. The summed E-state index contributed by atoms with van der Waals surface area (Å²) in [6.45, 7) is 4.01. The van der Waals surface area contributed by atoms with Gasteiger partial charge in [-0.15, -0.1) is 11.3 Å². The standard InChI is InChI=1S/C21H25FN4O3S/c22-16-4-6-17(7-5-16)29-14-19-23-18(15-30-19)20(27)24-10-12-26(13-11-24)21(28)25-8-2-1-3-9-25/h4-7,15H,1-3,8-14H2. The van der Waals surface area contributed by atoms with Crippen molar-refractivity contribution < 1.29 is 18.7 Å². The number of piperazine rings is 1. The minimum atomic E-state index is -0.317. The minimum absolute atomic E-state index is 0.0932. The number of piperidine rings is 1. The van der Waals surface area contributed by atoms with E-state index in [-0.39, 0.29) is 24.4 Å². The number of aromatic nitrogens is 1. The second-order valence-electron chi connectivity index (χ2n) is 7.48. The maximum absolute atomic E-state index is 13.0. The number of ether oxygens (including phenoxy) is 1. The first-order valence-electron chi connectivity index (χ1n) is 10.3. The van der Waals surface area contributed by atoms with Gasteiger partial charge in [-0.05, 0) is 43.5 Å².